The van der Waals surface area contributed by atoms with Gasteiger partial charge in [-0.25, -0.2) is 0 Å². The first-order valence-corrected chi connectivity index (χ1v) is 12.7. The van der Waals surface area contributed by atoms with E-state index in [1.807, 2.05) is 41.5 Å². The van der Waals surface area contributed by atoms with Crippen LogP contribution in [0.2, 0.25) is 0 Å². The zero-order valence-electron chi connectivity index (χ0n) is 21.4. The van der Waals surface area contributed by atoms with Crippen molar-refractivity contribution in [3.8, 4) is 0 Å². The SMILES string of the molecule is CCC(C)CC(=O)OC1CCC2Cc3occ(C)c3C(OC(=O)CC(C)CC)C2(C)C1C(=O)O. The highest BCUT2D eigenvalue weighted by atomic mass is 16.6. The second-order valence-corrected chi connectivity index (χ2v) is 10.7. The maximum atomic E-state index is 12.9. The Bertz CT molecular complexity index is 903. The quantitative estimate of drug-likeness (QED) is 0.461. The molecule has 2 aliphatic carbocycles. The summed E-state index contributed by atoms with van der Waals surface area (Å²) in [4.78, 5) is 38.3. The summed E-state index contributed by atoms with van der Waals surface area (Å²) < 4.78 is 17.7. The lowest BCUT2D eigenvalue weighted by Crippen LogP contribution is -2.56. The third-order valence-electron chi connectivity index (χ3n) is 8.31. The van der Waals surface area contributed by atoms with Gasteiger partial charge >= 0.3 is 17.9 Å². The molecule has 1 heterocycles. The van der Waals surface area contributed by atoms with Crippen LogP contribution in [0.1, 0.15) is 96.1 Å². The number of esters is 2. The number of ether oxygens (including phenoxy) is 2. The first kappa shape index (κ1) is 26.3. The standard InChI is InChI=1S/C27H40O7/c1-7-15(3)11-21(28)33-19-10-9-18-13-20-23(17(5)14-32-20)25(27(18,6)24(19)26(30)31)34-22(29)12-16(4)8-2/h14-16,18-19,24-25H,7-13H2,1-6H3,(H,30,31). The summed E-state index contributed by atoms with van der Waals surface area (Å²) in [7, 11) is 0. The third-order valence-corrected chi connectivity index (χ3v) is 8.31. The lowest BCUT2D eigenvalue weighted by atomic mass is 9.53. The summed E-state index contributed by atoms with van der Waals surface area (Å²) in [5.41, 5.74) is 0.683. The van der Waals surface area contributed by atoms with Gasteiger partial charge in [0, 0.05) is 30.2 Å². The average molecular weight is 477 g/mol. The van der Waals surface area contributed by atoms with Crippen LogP contribution in [0, 0.1) is 36.0 Å². The van der Waals surface area contributed by atoms with Crippen molar-refractivity contribution in [2.24, 2.45) is 29.1 Å². The van der Waals surface area contributed by atoms with E-state index in [4.69, 9.17) is 13.9 Å². The van der Waals surface area contributed by atoms with Gasteiger partial charge in [-0.3, -0.25) is 14.4 Å². The number of aliphatic carboxylic acids is 1. The molecular weight excluding hydrogens is 436 g/mol. The molecule has 7 unspecified atom stereocenters. The Morgan fingerprint density at radius 1 is 1.09 bits per heavy atom. The minimum atomic E-state index is -1.03. The number of carboxylic acids is 1. The van der Waals surface area contributed by atoms with Crippen molar-refractivity contribution in [3.63, 3.8) is 0 Å². The van der Waals surface area contributed by atoms with Crippen molar-refractivity contribution in [2.45, 2.75) is 98.7 Å². The number of hydrogen-bond donors (Lipinski definition) is 1. The number of carboxylic acid groups (broad SMARTS) is 1. The molecule has 0 saturated heterocycles. The van der Waals surface area contributed by atoms with Gasteiger partial charge in [0.15, 0.2) is 0 Å². The maximum Gasteiger partial charge on any atom is 0.311 e. The topological polar surface area (TPSA) is 103 Å². The van der Waals surface area contributed by atoms with Crippen LogP contribution in [0.4, 0.5) is 0 Å². The predicted octanol–water partition coefficient (Wildman–Crippen LogP) is 5.63. The fraction of sp³-hybridized carbons (Fsp3) is 0.741. The fourth-order valence-corrected chi connectivity index (χ4v) is 5.74. The average Bonchev–Trinajstić information content (AvgIpc) is 3.13. The maximum absolute atomic E-state index is 12.9. The van der Waals surface area contributed by atoms with E-state index in [-0.39, 0.29) is 42.5 Å². The molecule has 0 spiro atoms. The summed E-state index contributed by atoms with van der Waals surface area (Å²) in [5.74, 6) is -1.70. The van der Waals surface area contributed by atoms with Crippen LogP contribution in [0.5, 0.6) is 0 Å². The van der Waals surface area contributed by atoms with Gasteiger partial charge in [-0.1, -0.05) is 47.5 Å². The van der Waals surface area contributed by atoms with E-state index >= 15 is 0 Å². The van der Waals surface area contributed by atoms with E-state index in [1.54, 1.807) is 6.26 Å². The monoisotopic (exact) mass is 476 g/mol. The molecule has 1 aromatic heterocycles. The van der Waals surface area contributed by atoms with Gasteiger partial charge in [0.1, 0.15) is 23.9 Å². The van der Waals surface area contributed by atoms with Gasteiger partial charge in [0.05, 0.1) is 6.26 Å². The molecule has 0 aromatic carbocycles. The van der Waals surface area contributed by atoms with Crippen molar-refractivity contribution in [3.05, 3.63) is 23.2 Å². The number of fused-ring (bicyclic) bond motifs is 2. The van der Waals surface area contributed by atoms with Crippen LogP contribution in [-0.2, 0) is 30.3 Å². The molecule has 3 rings (SSSR count). The molecule has 7 heteroatoms. The number of furan rings is 1. The molecule has 0 aliphatic heterocycles. The molecular formula is C27H40O7. The highest BCUT2D eigenvalue weighted by molar-refractivity contribution is 5.75. The second kappa shape index (κ2) is 10.5. The van der Waals surface area contributed by atoms with Crippen molar-refractivity contribution < 1.29 is 33.4 Å². The summed E-state index contributed by atoms with van der Waals surface area (Å²) >= 11 is 0. The molecule has 1 fully saturated rings. The van der Waals surface area contributed by atoms with Crippen LogP contribution in [0.15, 0.2) is 10.7 Å². The van der Waals surface area contributed by atoms with Crippen molar-refractivity contribution in [2.75, 3.05) is 0 Å². The number of rotatable bonds is 9. The highest BCUT2D eigenvalue weighted by Crippen LogP contribution is 2.60. The molecule has 1 N–H and O–H groups in total. The van der Waals surface area contributed by atoms with Crippen molar-refractivity contribution in [1.82, 2.24) is 0 Å². The minimum absolute atomic E-state index is 0.0717. The van der Waals surface area contributed by atoms with Crippen LogP contribution < -0.4 is 0 Å². The van der Waals surface area contributed by atoms with Gasteiger partial charge in [-0.05, 0) is 43.1 Å². The van der Waals surface area contributed by atoms with Crippen LogP contribution in [0.25, 0.3) is 0 Å². The Morgan fingerprint density at radius 2 is 1.68 bits per heavy atom. The molecule has 1 aromatic rings. The normalized spacial score (nSPS) is 29.9. The number of hydrogen-bond acceptors (Lipinski definition) is 6. The first-order chi connectivity index (χ1) is 16.0. The van der Waals surface area contributed by atoms with Gasteiger partial charge in [-0.15, -0.1) is 0 Å². The Labute approximate surface area is 202 Å². The molecule has 190 valence electrons. The van der Waals surface area contributed by atoms with E-state index in [0.717, 1.165) is 29.7 Å². The molecule has 0 amide bonds. The van der Waals surface area contributed by atoms with E-state index in [1.165, 1.54) is 0 Å². The summed E-state index contributed by atoms with van der Waals surface area (Å²) in [6.45, 7) is 11.8. The Balaban J connectivity index is 1.99. The number of carbonyl (C=O) groups is 3. The van der Waals surface area contributed by atoms with Crippen LogP contribution in [-0.4, -0.2) is 29.1 Å². The fourth-order valence-electron chi connectivity index (χ4n) is 5.74. The minimum Gasteiger partial charge on any atom is -0.481 e. The molecule has 7 nitrogen and oxygen atoms in total. The molecule has 0 bridgehead atoms. The molecule has 1 saturated carbocycles. The van der Waals surface area contributed by atoms with Gasteiger partial charge in [-0.2, -0.15) is 0 Å². The smallest absolute Gasteiger partial charge is 0.311 e. The second-order valence-electron chi connectivity index (χ2n) is 10.7. The predicted molar refractivity (Wildman–Crippen MR) is 126 cm³/mol. The van der Waals surface area contributed by atoms with Gasteiger partial charge in [0.2, 0.25) is 0 Å². The lowest BCUT2D eigenvalue weighted by molar-refractivity contribution is -0.200. The Morgan fingerprint density at radius 3 is 2.24 bits per heavy atom. The number of aryl methyl sites for hydroxylation is 1. The first-order valence-electron chi connectivity index (χ1n) is 12.7. The molecule has 0 radical (unpaired) electrons. The zero-order valence-corrected chi connectivity index (χ0v) is 21.4. The van der Waals surface area contributed by atoms with Crippen molar-refractivity contribution in [1.29, 1.82) is 0 Å². The molecule has 7 atom stereocenters. The highest BCUT2D eigenvalue weighted by Gasteiger charge is 2.62. The number of carbonyl (C=O) groups excluding carboxylic acids is 2. The summed E-state index contributed by atoms with van der Waals surface area (Å²) in [6.07, 6.45) is 4.06. The van der Waals surface area contributed by atoms with E-state index in [9.17, 15) is 19.5 Å². The van der Waals surface area contributed by atoms with E-state index in [2.05, 4.69) is 0 Å². The van der Waals surface area contributed by atoms with E-state index < -0.39 is 29.5 Å². The van der Waals surface area contributed by atoms with Gasteiger partial charge in [0.25, 0.3) is 0 Å². The molecule has 2 aliphatic rings. The summed E-state index contributed by atoms with van der Waals surface area (Å²) in [5, 5.41) is 10.4. The lowest BCUT2D eigenvalue weighted by Gasteiger charge is -2.53. The van der Waals surface area contributed by atoms with Gasteiger partial charge < -0.3 is 19.0 Å². The van der Waals surface area contributed by atoms with Crippen molar-refractivity contribution >= 4 is 17.9 Å². The largest absolute Gasteiger partial charge is 0.481 e. The zero-order chi connectivity index (χ0) is 25.2. The van der Waals surface area contributed by atoms with Crippen LogP contribution in [0.3, 0.4) is 0 Å². The molecule has 34 heavy (non-hydrogen) atoms. The third kappa shape index (κ3) is 5.03. The van der Waals surface area contributed by atoms with Crippen LogP contribution >= 0.6 is 0 Å². The Kier molecular flexibility index (Phi) is 8.14. The van der Waals surface area contributed by atoms with E-state index in [0.29, 0.717) is 19.3 Å². The Hall–Kier alpha value is -2.31. The summed E-state index contributed by atoms with van der Waals surface area (Å²) in [6, 6.07) is 0.